The molecule has 3 aromatic rings. The van der Waals surface area contributed by atoms with Crippen LogP contribution in [0.4, 0.5) is 11.4 Å². The first-order valence-electron chi connectivity index (χ1n) is 10.7. The molecular weight excluding hydrogens is 540 g/mol. The number of hydrazone groups is 1. The number of aryl methyl sites for hydroxylation is 2. The van der Waals surface area contributed by atoms with E-state index in [9.17, 15) is 19.7 Å². The first kappa shape index (κ1) is 24.6. The van der Waals surface area contributed by atoms with Gasteiger partial charge in [0.05, 0.1) is 16.3 Å². The Morgan fingerprint density at radius 2 is 1.91 bits per heavy atom. The first-order valence-corrected chi connectivity index (χ1v) is 11.8. The number of hydrogen-bond donors (Lipinski definition) is 2. The minimum atomic E-state index is -0.658. The van der Waals surface area contributed by atoms with Crippen molar-refractivity contribution >= 4 is 56.4 Å². The maximum atomic E-state index is 13.0. The summed E-state index contributed by atoms with van der Waals surface area (Å²) in [6.45, 7) is 3.72. The standard InChI is InChI=1S/C24H20BrClN4O5/c1-12-6-9-17(15(25)10-12)27-24(32)22-13(2)21-18(4-3-5-20(21)35-22)28-29-23(31)14-7-8-16(26)19(11-14)30(33)34/h6-11H,3-5H2,1-2H3,(H,27,32)(H,29,31)/b28-18+. The normalized spacial score (nSPS) is 13.9. The zero-order valence-corrected chi connectivity index (χ0v) is 21.1. The van der Waals surface area contributed by atoms with E-state index in [2.05, 4.69) is 31.8 Å². The molecule has 2 amide bonds. The van der Waals surface area contributed by atoms with Crippen molar-refractivity contribution in [3.05, 3.63) is 89.8 Å². The quantitative estimate of drug-likeness (QED) is 0.295. The number of halogens is 2. The summed E-state index contributed by atoms with van der Waals surface area (Å²) in [4.78, 5) is 36.0. The minimum Gasteiger partial charge on any atom is -0.455 e. The van der Waals surface area contributed by atoms with Gasteiger partial charge in [-0.25, -0.2) is 5.43 Å². The number of hydrogen-bond acceptors (Lipinski definition) is 6. The van der Waals surface area contributed by atoms with E-state index in [-0.39, 0.29) is 22.0 Å². The van der Waals surface area contributed by atoms with Gasteiger partial charge in [-0.05, 0) is 72.4 Å². The molecule has 9 nitrogen and oxygen atoms in total. The topological polar surface area (TPSA) is 127 Å². The molecule has 1 aliphatic carbocycles. The van der Waals surface area contributed by atoms with Gasteiger partial charge in [-0.15, -0.1) is 0 Å². The summed E-state index contributed by atoms with van der Waals surface area (Å²) in [7, 11) is 0. The van der Waals surface area contributed by atoms with Crippen molar-refractivity contribution in [3.8, 4) is 0 Å². The molecule has 1 aliphatic rings. The molecule has 0 bridgehead atoms. The van der Waals surface area contributed by atoms with Crippen LogP contribution in [0.15, 0.2) is 50.4 Å². The number of fused-ring (bicyclic) bond motifs is 1. The molecule has 1 heterocycles. The number of furan rings is 1. The third-order valence-corrected chi connectivity index (χ3v) is 6.58. The molecule has 0 aliphatic heterocycles. The average molecular weight is 560 g/mol. The summed E-state index contributed by atoms with van der Waals surface area (Å²) in [6, 6.07) is 9.36. The summed E-state index contributed by atoms with van der Waals surface area (Å²) < 4.78 is 6.66. The van der Waals surface area contributed by atoms with Crippen molar-refractivity contribution < 1.29 is 18.9 Å². The largest absolute Gasteiger partial charge is 0.455 e. The Morgan fingerprint density at radius 3 is 2.63 bits per heavy atom. The zero-order chi connectivity index (χ0) is 25.3. The second kappa shape index (κ2) is 10.0. The molecule has 0 radical (unpaired) electrons. The molecule has 180 valence electrons. The van der Waals surface area contributed by atoms with Crippen LogP contribution in [0.3, 0.4) is 0 Å². The number of nitrogens with zero attached hydrogens (tertiary/aromatic N) is 2. The van der Waals surface area contributed by atoms with Crippen molar-refractivity contribution in [1.29, 1.82) is 0 Å². The maximum absolute atomic E-state index is 13.0. The van der Waals surface area contributed by atoms with Crippen LogP contribution in [0.2, 0.25) is 5.02 Å². The summed E-state index contributed by atoms with van der Waals surface area (Å²) >= 11 is 9.27. The maximum Gasteiger partial charge on any atom is 0.291 e. The third-order valence-electron chi connectivity index (χ3n) is 5.60. The number of nitro benzene ring substituents is 1. The molecular formula is C24H20BrClN4O5. The van der Waals surface area contributed by atoms with Gasteiger partial charge in [-0.1, -0.05) is 17.7 Å². The Balaban J connectivity index is 1.57. The fraction of sp³-hybridized carbons (Fsp3) is 0.208. The van der Waals surface area contributed by atoms with Crippen LogP contribution in [0.1, 0.15) is 56.2 Å². The molecule has 0 saturated carbocycles. The molecule has 2 N–H and O–H groups in total. The van der Waals surface area contributed by atoms with Gasteiger partial charge < -0.3 is 9.73 Å². The monoisotopic (exact) mass is 558 g/mol. The molecule has 0 unspecified atom stereocenters. The second-order valence-electron chi connectivity index (χ2n) is 8.07. The lowest BCUT2D eigenvalue weighted by molar-refractivity contribution is -0.384. The molecule has 4 rings (SSSR count). The minimum absolute atomic E-state index is 0.0501. The smallest absolute Gasteiger partial charge is 0.291 e. The summed E-state index contributed by atoms with van der Waals surface area (Å²) in [5.41, 5.74) is 5.68. The van der Waals surface area contributed by atoms with Gasteiger partial charge in [0.2, 0.25) is 0 Å². The van der Waals surface area contributed by atoms with Crippen LogP contribution in [-0.2, 0) is 6.42 Å². The Kier molecular flexibility index (Phi) is 7.04. The highest BCUT2D eigenvalue weighted by atomic mass is 79.9. The van der Waals surface area contributed by atoms with E-state index in [1.165, 1.54) is 12.1 Å². The number of rotatable bonds is 5. The Hall–Kier alpha value is -3.50. The van der Waals surface area contributed by atoms with Crippen molar-refractivity contribution in [2.75, 3.05) is 5.32 Å². The molecule has 35 heavy (non-hydrogen) atoms. The number of nitrogens with one attached hydrogen (secondary N) is 2. The van der Waals surface area contributed by atoms with Gasteiger partial charge >= 0.3 is 0 Å². The lowest BCUT2D eigenvalue weighted by atomic mass is 9.93. The van der Waals surface area contributed by atoms with Crippen LogP contribution in [0, 0.1) is 24.0 Å². The van der Waals surface area contributed by atoms with Gasteiger partial charge in [-0.2, -0.15) is 5.10 Å². The van der Waals surface area contributed by atoms with Crippen LogP contribution in [0.25, 0.3) is 0 Å². The van der Waals surface area contributed by atoms with Gasteiger partial charge in [0.25, 0.3) is 17.5 Å². The predicted octanol–water partition coefficient (Wildman–Crippen LogP) is 5.94. The Labute approximate surface area is 213 Å². The van der Waals surface area contributed by atoms with Crippen molar-refractivity contribution in [2.45, 2.75) is 33.1 Å². The molecule has 2 aromatic carbocycles. The lowest BCUT2D eigenvalue weighted by Crippen LogP contribution is -2.22. The predicted molar refractivity (Wildman–Crippen MR) is 135 cm³/mol. The fourth-order valence-electron chi connectivity index (χ4n) is 3.87. The van der Waals surface area contributed by atoms with E-state index >= 15 is 0 Å². The van der Waals surface area contributed by atoms with E-state index < -0.39 is 16.7 Å². The third kappa shape index (κ3) is 5.13. The highest BCUT2D eigenvalue weighted by Crippen LogP contribution is 2.31. The molecule has 0 fully saturated rings. The van der Waals surface area contributed by atoms with E-state index in [0.29, 0.717) is 41.1 Å². The highest BCUT2D eigenvalue weighted by Gasteiger charge is 2.28. The summed E-state index contributed by atoms with van der Waals surface area (Å²) in [5, 5.41) is 18.1. The average Bonchev–Trinajstić information content (AvgIpc) is 3.16. The number of carbonyl (C=O) groups excluding carboxylic acids is 2. The zero-order valence-electron chi connectivity index (χ0n) is 18.8. The number of amides is 2. The summed E-state index contributed by atoms with van der Waals surface area (Å²) in [5.74, 6) is -0.209. The van der Waals surface area contributed by atoms with Gasteiger partial charge in [-0.3, -0.25) is 19.7 Å². The molecule has 11 heteroatoms. The van der Waals surface area contributed by atoms with Crippen molar-refractivity contribution in [3.63, 3.8) is 0 Å². The molecule has 0 atom stereocenters. The first-order chi connectivity index (χ1) is 16.7. The van der Waals surface area contributed by atoms with Gasteiger partial charge in [0, 0.05) is 33.7 Å². The van der Waals surface area contributed by atoms with Gasteiger partial charge in [0.1, 0.15) is 10.8 Å². The Bertz CT molecular complexity index is 1400. The van der Waals surface area contributed by atoms with Crippen LogP contribution in [-0.4, -0.2) is 22.4 Å². The van der Waals surface area contributed by atoms with Crippen LogP contribution in [0.5, 0.6) is 0 Å². The number of nitro groups is 1. The Morgan fingerprint density at radius 1 is 1.14 bits per heavy atom. The number of carbonyl (C=O) groups is 2. The van der Waals surface area contributed by atoms with Gasteiger partial charge in [0.15, 0.2) is 5.76 Å². The number of anilines is 1. The van der Waals surface area contributed by atoms with E-state index in [1.54, 1.807) is 13.0 Å². The van der Waals surface area contributed by atoms with E-state index in [4.69, 9.17) is 16.0 Å². The highest BCUT2D eigenvalue weighted by molar-refractivity contribution is 9.10. The second-order valence-corrected chi connectivity index (χ2v) is 9.33. The van der Waals surface area contributed by atoms with Crippen molar-refractivity contribution in [1.82, 2.24) is 5.43 Å². The molecule has 0 saturated heterocycles. The summed E-state index contributed by atoms with van der Waals surface area (Å²) in [6.07, 6.45) is 1.93. The molecule has 0 spiro atoms. The SMILES string of the molecule is Cc1ccc(NC(=O)c2oc3c(c2C)/C(=N/NC(=O)c2ccc(Cl)c([N+](=O)[O-])c2)CCC3)c(Br)c1. The van der Waals surface area contributed by atoms with Crippen LogP contribution < -0.4 is 10.7 Å². The van der Waals surface area contributed by atoms with Crippen LogP contribution >= 0.6 is 27.5 Å². The fourth-order valence-corrected chi connectivity index (χ4v) is 4.65. The van der Waals surface area contributed by atoms with Crippen molar-refractivity contribution in [2.24, 2.45) is 5.10 Å². The van der Waals surface area contributed by atoms with E-state index in [1.807, 2.05) is 19.1 Å². The van der Waals surface area contributed by atoms with E-state index in [0.717, 1.165) is 22.5 Å². The lowest BCUT2D eigenvalue weighted by Gasteiger charge is -2.13. The molecule has 1 aromatic heterocycles. The number of benzene rings is 2.